The number of aliphatic hydroxyl groups is 1. The van der Waals surface area contributed by atoms with Gasteiger partial charge in [-0.1, -0.05) is 15.6 Å². The van der Waals surface area contributed by atoms with Crippen LogP contribution in [0.15, 0.2) is 0 Å². The summed E-state index contributed by atoms with van der Waals surface area (Å²) < 4.78 is 204. The van der Waals surface area contributed by atoms with E-state index in [2.05, 4.69) is 4.74 Å². The lowest BCUT2D eigenvalue weighted by atomic mass is 10.2. The number of aliphatic hydroxyl groups excluding tert-OH is 1. The Hall–Kier alpha value is -0.800. The van der Waals surface area contributed by atoms with E-state index >= 15 is 0 Å². The van der Waals surface area contributed by atoms with Gasteiger partial charge in [-0.25, -0.2) is 4.39 Å². The first-order chi connectivity index (χ1) is 12.9. The number of alkyl halides is 13. The summed E-state index contributed by atoms with van der Waals surface area (Å²) in [5, 5.41) is -4.47. The van der Waals surface area contributed by atoms with E-state index in [0.29, 0.717) is 0 Å². The lowest BCUT2D eigenvalue weighted by Crippen LogP contribution is -2.65. The highest BCUT2D eigenvalue weighted by molar-refractivity contribution is 8.00. The van der Waals surface area contributed by atoms with Crippen molar-refractivity contribution in [3.05, 3.63) is 0 Å². The van der Waals surface area contributed by atoms with Crippen LogP contribution in [0.25, 0.3) is 0 Å². The lowest BCUT2D eigenvalue weighted by molar-refractivity contribution is -0.522. The summed E-state index contributed by atoms with van der Waals surface area (Å²) in [7, 11) is -7.93. The van der Waals surface area contributed by atoms with Crippen LogP contribution in [-0.2, 0) is 19.7 Å². The second kappa shape index (κ2) is 8.62. The summed E-state index contributed by atoms with van der Waals surface area (Å²) in [4.78, 5) is 0. The van der Waals surface area contributed by atoms with Crippen LogP contribution in [0.5, 0.6) is 0 Å². The summed E-state index contributed by atoms with van der Waals surface area (Å²) in [5.74, 6) is -8.78. The van der Waals surface area contributed by atoms with E-state index in [1.807, 2.05) is 0 Å². The molecule has 1 N–H and O–H groups in total. The fraction of sp³-hybridized carbons (Fsp3) is 1.00. The molecule has 30 heavy (non-hydrogen) atoms. The van der Waals surface area contributed by atoms with Gasteiger partial charge in [-0.05, 0) is 0 Å². The van der Waals surface area contributed by atoms with Crippen LogP contribution >= 0.6 is 11.8 Å². The number of thioether (sulfide) groups is 1. The van der Waals surface area contributed by atoms with Gasteiger partial charge in [0.05, 0.1) is 6.61 Å². The smallest absolute Gasteiger partial charge is 0.396 e. The number of rotatable bonds is 11. The molecular weight excluding hydrogens is 518 g/mol. The molecule has 182 valence electrons. The quantitative estimate of drug-likeness (QED) is 0.326. The SMILES string of the molecule is O=S(=O)(F)C(F)(F)C(F)(F)OC(F)(C(F)(F)F)C(F)(F)OC(F)C(F)(F)SCCO. The summed E-state index contributed by atoms with van der Waals surface area (Å²) in [6.45, 7) is -1.18. The van der Waals surface area contributed by atoms with Gasteiger partial charge in [-0.2, -0.15) is 61.1 Å². The normalized spacial score (nSPS) is 18.2. The molecule has 2 atom stereocenters. The third-order valence-corrected chi connectivity index (χ3v) is 4.36. The topological polar surface area (TPSA) is 72.8 Å². The molecule has 0 saturated heterocycles. The second-order valence-corrected chi connectivity index (χ2v) is 7.38. The molecule has 0 spiro atoms. The molecule has 0 saturated carbocycles. The highest BCUT2D eigenvalue weighted by atomic mass is 32.3. The van der Waals surface area contributed by atoms with E-state index in [0.717, 1.165) is 0 Å². The van der Waals surface area contributed by atoms with Crippen molar-refractivity contribution in [3.8, 4) is 0 Å². The summed E-state index contributed by atoms with van der Waals surface area (Å²) in [5.41, 5.74) is 0. The van der Waals surface area contributed by atoms with Gasteiger partial charge in [0, 0.05) is 5.75 Å². The molecule has 0 aliphatic carbocycles. The van der Waals surface area contributed by atoms with E-state index in [1.165, 1.54) is 4.74 Å². The van der Waals surface area contributed by atoms with Gasteiger partial charge >= 0.3 is 45.0 Å². The summed E-state index contributed by atoms with van der Waals surface area (Å²) in [6.07, 6.45) is -27.4. The fourth-order valence-electron chi connectivity index (χ4n) is 1.18. The first kappa shape index (κ1) is 29.2. The molecular formula is C9H6F14O5S2. The van der Waals surface area contributed by atoms with Crippen molar-refractivity contribution in [1.82, 2.24) is 0 Å². The van der Waals surface area contributed by atoms with E-state index < -0.39 is 75.5 Å². The first-order valence-corrected chi connectivity index (χ1v) is 8.74. The van der Waals surface area contributed by atoms with Gasteiger partial charge in [0.25, 0.3) is 6.36 Å². The molecule has 0 rings (SSSR count). The molecule has 2 unspecified atom stereocenters. The Labute approximate surface area is 160 Å². The molecule has 21 heteroatoms. The molecule has 0 heterocycles. The van der Waals surface area contributed by atoms with Crippen LogP contribution in [-0.4, -0.2) is 67.0 Å². The monoisotopic (exact) mass is 524 g/mol. The highest BCUT2D eigenvalue weighted by Crippen LogP contribution is 2.54. The summed E-state index contributed by atoms with van der Waals surface area (Å²) in [6, 6.07) is 0. The average molecular weight is 524 g/mol. The van der Waals surface area contributed by atoms with Crippen LogP contribution in [0.2, 0.25) is 0 Å². The van der Waals surface area contributed by atoms with Gasteiger partial charge in [-0.3, -0.25) is 9.47 Å². The Morgan fingerprint density at radius 1 is 0.867 bits per heavy atom. The predicted octanol–water partition coefficient (Wildman–Crippen LogP) is 3.94. The van der Waals surface area contributed by atoms with Crippen LogP contribution in [0.3, 0.4) is 0 Å². The molecule has 0 bridgehead atoms. The highest BCUT2D eigenvalue weighted by Gasteiger charge is 2.82. The fourth-order valence-corrected chi connectivity index (χ4v) is 2.05. The standard InChI is InChI=1S/C9H6F14O5S2/c10-3(4(11,12)29-2-1-24)27-7(17,18)5(13,6(14,15)16)28-8(19,20)9(21,22)30(23,25)26/h3,24H,1-2H2. The molecule has 0 aliphatic rings. The van der Waals surface area contributed by atoms with Crippen LogP contribution in [0.4, 0.5) is 61.0 Å². The third-order valence-electron chi connectivity index (χ3n) is 2.55. The number of hydrogen-bond acceptors (Lipinski definition) is 6. The Balaban J connectivity index is 6.21. The van der Waals surface area contributed by atoms with Crippen molar-refractivity contribution >= 4 is 22.0 Å². The molecule has 0 aromatic rings. The maximum atomic E-state index is 13.7. The van der Waals surface area contributed by atoms with Crippen molar-refractivity contribution in [1.29, 1.82) is 0 Å². The molecule has 0 fully saturated rings. The number of halogens is 14. The molecule has 0 aromatic carbocycles. The van der Waals surface area contributed by atoms with Gasteiger partial charge in [-0.15, -0.1) is 0 Å². The Morgan fingerprint density at radius 3 is 1.63 bits per heavy atom. The Bertz CT molecular complexity index is 694. The van der Waals surface area contributed by atoms with E-state index in [4.69, 9.17) is 5.11 Å². The number of hydrogen-bond donors (Lipinski definition) is 1. The van der Waals surface area contributed by atoms with Crippen LogP contribution in [0, 0.1) is 0 Å². The van der Waals surface area contributed by atoms with Crippen molar-refractivity contribution in [3.63, 3.8) is 0 Å². The Kier molecular flexibility index (Phi) is 8.39. The van der Waals surface area contributed by atoms with Gasteiger partial charge < -0.3 is 5.11 Å². The summed E-state index contributed by atoms with van der Waals surface area (Å²) >= 11 is -1.09. The minimum absolute atomic E-state index is 1.09. The zero-order valence-corrected chi connectivity index (χ0v) is 14.8. The van der Waals surface area contributed by atoms with E-state index in [9.17, 15) is 69.4 Å². The van der Waals surface area contributed by atoms with Gasteiger partial charge in [0.15, 0.2) is 0 Å². The molecule has 5 nitrogen and oxygen atoms in total. The minimum Gasteiger partial charge on any atom is -0.396 e. The van der Waals surface area contributed by atoms with E-state index in [1.54, 1.807) is 0 Å². The van der Waals surface area contributed by atoms with Crippen molar-refractivity contribution in [2.45, 2.75) is 41.1 Å². The second-order valence-electron chi connectivity index (χ2n) is 4.75. The average Bonchev–Trinajstić information content (AvgIpc) is 2.49. The molecule has 0 aromatic heterocycles. The van der Waals surface area contributed by atoms with Crippen LogP contribution in [0.1, 0.15) is 0 Å². The maximum absolute atomic E-state index is 13.7. The van der Waals surface area contributed by atoms with Crippen molar-refractivity contribution < 1.29 is 84.0 Å². The van der Waals surface area contributed by atoms with Gasteiger partial charge in [0.1, 0.15) is 0 Å². The lowest BCUT2D eigenvalue weighted by Gasteiger charge is -2.37. The minimum atomic E-state index is -7.93. The predicted molar refractivity (Wildman–Crippen MR) is 66.3 cm³/mol. The van der Waals surface area contributed by atoms with Crippen molar-refractivity contribution in [2.24, 2.45) is 0 Å². The van der Waals surface area contributed by atoms with Crippen LogP contribution < -0.4 is 0 Å². The molecule has 0 amide bonds. The molecule has 0 aliphatic heterocycles. The Morgan fingerprint density at radius 2 is 1.30 bits per heavy atom. The first-order valence-electron chi connectivity index (χ1n) is 6.37. The largest absolute Gasteiger partial charge is 0.464 e. The molecule has 0 radical (unpaired) electrons. The van der Waals surface area contributed by atoms with Crippen molar-refractivity contribution in [2.75, 3.05) is 12.4 Å². The zero-order chi connectivity index (χ0) is 24.6. The van der Waals surface area contributed by atoms with Gasteiger partial charge in [0.2, 0.25) is 0 Å². The van der Waals surface area contributed by atoms with E-state index in [-0.39, 0.29) is 0 Å². The third kappa shape index (κ3) is 5.71. The maximum Gasteiger partial charge on any atom is 0.464 e. The number of ether oxygens (including phenoxy) is 2. The zero-order valence-electron chi connectivity index (χ0n) is 13.2.